The molecule has 0 aliphatic carbocycles. The van der Waals surface area contributed by atoms with Crippen molar-refractivity contribution in [2.75, 3.05) is 19.8 Å². The molecule has 1 aromatic rings. The number of hydrogen-bond donors (Lipinski definition) is 2. The average Bonchev–Trinajstić information content (AvgIpc) is 2.77. The standard InChI is InChI=1S/C12H21N3O3/c1-2-18-12(17)4-3-5-13-8-11-9-14-15(10-11)6-7-16/h9-10,13,16H,2-8H2,1H3. The molecule has 0 saturated carbocycles. The quantitative estimate of drug-likeness (QED) is 0.490. The zero-order chi connectivity index (χ0) is 13.2. The molecular formula is C12H21N3O3. The van der Waals surface area contributed by atoms with Crippen LogP contribution in [0.5, 0.6) is 0 Å². The second-order valence-electron chi connectivity index (χ2n) is 3.92. The highest BCUT2D eigenvalue weighted by Crippen LogP contribution is 1.97. The number of hydrogen-bond acceptors (Lipinski definition) is 5. The van der Waals surface area contributed by atoms with E-state index in [2.05, 4.69) is 10.4 Å². The van der Waals surface area contributed by atoms with E-state index >= 15 is 0 Å². The van der Waals surface area contributed by atoms with Gasteiger partial charge in [-0.25, -0.2) is 0 Å². The van der Waals surface area contributed by atoms with E-state index in [0.29, 0.717) is 26.1 Å². The van der Waals surface area contributed by atoms with Crippen molar-refractivity contribution in [2.24, 2.45) is 0 Å². The zero-order valence-electron chi connectivity index (χ0n) is 10.8. The molecule has 2 N–H and O–H groups in total. The van der Waals surface area contributed by atoms with Crippen LogP contribution in [0, 0.1) is 0 Å². The predicted octanol–water partition coefficient (Wildman–Crippen LogP) is 0.308. The van der Waals surface area contributed by atoms with Crippen molar-refractivity contribution in [3.63, 3.8) is 0 Å². The molecule has 0 aromatic carbocycles. The molecule has 102 valence electrons. The van der Waals surface area contributed by atoms with E-state index < -0.39 is 0 Å². The summed E-state index contributed by atoms with van der Waals surface area (Å²) in [4.78, 5) is 11.1. The van der Waals surface area contributed by atoms with Crippen LogP contribution >= 0.6 is 0 Å². The Labute approximate surface area is 107 Å². The molecule has 1 aromatic heterocycles. The van der Waals surface area contributed by atoms with Gasteiger partial charge in [0.2, 0.25) is 0 Å². The van der Waals surface area contributed by atoms with Crippen molar-refractivity contribution in [3.05, 3.63) is 18.0 Å². The lowest BCUT2D eigenvalue weighted by Crippen LogP contribution is -2.16. The summed E-state index contributed by atoms with van der Waals surface area (Å²) in [6, 6.07) is 0. The number of nitrogens with zero attached hydrogens (tertiary/aromatic N) is 2. The van der Waals surface area contributed by atoms with Crippen molar-refractivity contribution in [1.29, 1.82) is 0 Å². The highest BCUT2D eigenvalue weighted by atomic mass is 16.5. The Hall–Kier alpha value is -1.40. The Morgan fingerprint density at radius 2 is 2.44 bits per heavy atom. The van der Waals surface area contributed by atoms with Gasteiger partial charge in [-0.15, -0.1) is 0 Å². The van der Waals surface area contributed by atoms with Crippen molar-refractivity contribution in [3.8, 4) is 0 Å². The number of ether oxygens (including phenoxy) is 1. The number of aliphatic hydroxyl groups is 1. The Morgan fingerprint density at radius 1 is 1.61 bits per heavy atom. The van der Waals surface area contributed by atoms with E-state index in [0.717, 1.165) is 18.5 Å². The molecule has 0 aliphatic rings. The summed E-state index contributed by atoms with van der Waals surface area (Å²) >= 11 is 0. The first-order valence-electron chi connectivity index (χ1n) is 6.24. The summed E-state index contributed by atoms with van der Waals surface area (Å²) in [5, 5.41) is 16.1. The Morgan fingerprint density at radius 3 is 3.17 bits per heavy atom. The van der Waals surface area contributed by atoms with Crippen LogP contribution in [0.25, 0.3) is 0 Å². The highest BCUT2D eigenvalue weighted by Gasteiger charge is 2.01. The lowest BCUT2D eigenvalue weighted by Gasteiger charge is -2.03. The van der Waals surface area contributed by atoms with Gasteiger partial charge in [0, 0.05) is 24.7 Å². The Kier molecular flexibility index (Phi) is 7.05. The van der Waals surface area contributed by atoms with E-state index in [-0.39, 0.29) is 12.6 Å². The molecule has 6 heteroatoms. The SMILES string of the molecule is CCOC(=O)CCCNCc1cnn(CCO)c1. The molecule has 0 radical (unpaired) electrons. The van der Waals surface area contributed by atoms with Crippen LogP contribution in [0.15, 0.2) is 12.4 Å². The molecule has 18 heavy (non-hydrogen) atoms. The minimum Gasteiger partial charge on any atom is -0.466 e. The van der Waals surface area contributed by atoms with Crippen LogP contribution in [0.1, 0.15) is 25.3 Å². The van der Waals surface area contributed by atoms with E-state index in [1.54, 1.807) is 17.8 Å². The maximum absolute atomic E-state index is 11.1. The number of nitrogens with one attached hydrogen (secondary N) is 1. The molecule has 0 saturated heterocycles. The van der Waals surface area contributed by atoms with Crippen LogP contribution < -0.4 is 5.32 Å². The topological polar surface area (TPSA) is 76.4 Å². The number of carbonyl (C=O) groups excluding carboxylic acids is 1. The van der Waals surface area contributed by atoms with Crippen molar-refractivity contribution in [2.45, 2.75) is 32.9 Å². The fourth-order valence-corrected chi connectivity index (χ4v) is 1.55. The zero-order valence-corrected chi connectivity index (χ0v) is 10.8. The van der Waals surface area contributed by atoms with Crippen LogP contribution in [-0.4, -0.2) is 40.6 Å². The van der Waals surface area contributed by atoms with Crippen molar-refractivity contribution in [1.82, 2.24) is 15.1 Å². The van der Waals surface area contributed by atoms with Gasteiger partial charge in [-0.05, 0) is 19.9 Å². The smallest absolute Gasteiger partial charge is 0.305 e. The first kappa shape index (κ1) is 14.7. The number of rotatable bonds is 9. The van der Waals surface area contributed by atoms with Crippen molar-refractivity contribution >= 4 is 5.97 Å². The molecule has 1 heterocycles. The highest BCUT2D eigenvalue weighted by molar-refractivity contribution is 5.69. The molecule has 6 nitrogen and oxygen atoms in total. The third-order valence-electron chi connectivity index (χ3n) is 2.38. The minimum absolute atomic E-state index is 0.0914. The van der Waals surface area contributed by atoms with E-state index in [4.69, 9.17) is 9.84 Å². The third-order valence-corrected chi connectivity index (χ3v) is 2.38. The summed E-state index contributed by atoms with van der Waals surface area (Å²) in [7, 11) is 0. The number of esters is 1. The molecule has 0 spiro atoms. The molecule has 0 atom stereocenters. The number of carbonyl (C=O) groups is 1. The predicted molar refractivity (Wildman–Crippen MR) is 66.9 cm³/mol. The van der Waals surface area contributed by atoms with E-state index in [1.807, 2.05) is 6.20 Å². The maximum atomic E-state index is 11.1. The molecular weight excluding hydrogens is 234 g/mol. The van der Waals surface area contributed by atoms with Crippen LogP contribution in [0.3, 0.4) is 0 Å². The first-order valence-corrected chi connectivity index (χ1v) is 6.24. The van der Waals surface area contributed by atoms with Crippen molar-refractivity contribution < 1.29 is 14.6 Å². The largest absolute Gasteiger partial charge is 0.466 e. The molecule has 0 amide bonds. The van der Waals surface area contributed by atoms with Crippen LogP contribution in [-0.2, 0) is 22.6 Å². The average molecular weight is 255 g/mol. The van der Waals surface area contributed by atoms with E-state index in [1.165, 1.54) is 0 Å². The maximum Gasteiger partial charge on any atom is 0.305 e. The van der Waals surface area contributed by atoms with Gasteiger partial charge in [0.1, 0.15) is 0 Å². The molecule has 0 bridgehead atoms. The van der Waals surface area contributed by atoms with Crippen LogP contribution in [0.2, 0.25) is 0 Å². The lowest BCUT2D eigenvalue weighted by molar-refractivity contribution is -0.143. The Balaban J connectivity index is 2.08. The lowest BCUT2D eigenvalue weighted by atomic mass is 10.3. The van der Waals surface area contributed by atoms with Gasteiger partial charge in [-0.3, -0.25) is 9.48 Å². The second-order valence-corrected chi connectivity index (χ2v) is 3.92. The molecule has 0 unspecified atom stereocenters. The van der Waals surface area contributed by atoms with E-state index in [9.17, 15) is 4.79 Å². The van der Waals surface area contributed by atoms with Gasteiger partial charge in [-0.1, -0.05) is 0 Å². The summed E-state index contributed by atoms with van der Waals surface area (Å²) < 4.78 is 6.54. The minimum atomic E-state index is -0.143. The summed E-state index contributed by atoms with van der Waals surface area (Å²) in [5.41, 5.74) is 1.07. The normalized spacial score (nSPS) is 10.6. The summed E-state index contributed by atoms with van der Waals surface area (Å²) in [6.45, 7) is 4.34. The van der Waals surface area contributed by atoms with Gasteiger partial charge < -0.3 is 15.2 Å². The molecule has 0 aliphatic heterocycles. The van der Waals surface area contributed by atoms with Gasteiger partial charge in [0.05, 0.1) is 26.0 Å². The third kappa shape index (κ3) is 5.79. The fourth-order valence-electron chi connectivity index (χ4n) is 1.55. The summed E-state index contributed by atoms with van der Waals surface area (Å²) in [6.07, 6.45) is 4.89. The van der Waals surface area contributed by atoms with Crippen LogP contribution in [0.4, 0.5) is 0 Å². The first-order chi connectivity index (χ1) is 8.76. The van der Waals surface area contributed by atoms with Gasteiger partial charge in [0.25, 0.3) is 0 Å². The number of aromatic nitrogens is 2. The second kappa shape index (κ2) is 8.66. The Bertz CT molecular complexity index is 352. The van der Waals surface area contributed by atoms with Gasteiger partial charge in [-0.2, -0.15) is 5.10 Å². The monoisotopic (exact) mass is 255 g/mol. The molecule has 1 rings (SSSR count). The fraction of sp³-hybridized carbons (Fsp3) is 0.667. The molecule has 0 fully saturated rings. The van der Waals surface area contributed by atoms with Gasteiger partial charge >= 0.3 is 5.97 Å². The number of aliphatic hydroxyl groups excluding tert-OH is 1. The van der Waals surface area contributed by atoms with Gasteiger partial charge in [0.15, 0.2) is 0 Å². The summed E-state index contributed by atoms with van der Waals surface area (Å²) in [5.74, 6) is -0.143.